The minimum atomic E-state index is -0.937. The molecule has 0 fully saturated rings. The van der Waals surface area contributed by atoms with Crippen LogP contribution in [0.2, 0.25) is 0 Å². The van der Waals surface area contributed by atoms with Gasteiger partial charge in [0.1, 0.15) is 17.3 Å². The molecular formula is C13H17FO4. The standard InChI is InChI=1S/C13H17FO4/c1-13(2,7-11(15)16)12-9(17-3)5-8(14)6-10(12)18-4/h5-6H,7H2,1-4H3,(H,15,16). The van der Waals surface area contributed by atoms with Crippen molar-refractivity contribution in [2.75, 3.05) is 14.2 Å². The summed E-state index contributed by atoms with van der Waals surface area (Å²) in [6, 6.07) is 2.45. The molecule has 1 aromatic rings. The molecule has 0 amide bonds. The van der Waals surface area contributed by atoms with E-state index in [1.165, 1.54) is 26.4 Å². The number of carbonyl (C=O) groups is 1. The number of methoxy groups -OCH3 is 2. The van der Waals surface area contributed by atoms with Gasteiger partial charge in [0.25, 0.3) is 0 Å². The zero-order valence-corrected chi connectivity index (χ0v) is 10.9. The van der Waals surface area contributed by atoms with Crippen molar-refractivity contribution in [2.45, 2.75) is 25.7 Å². The minimum absolute atomic E-state index is 0.106. The fourth-order valence-corrected chi connectivity index (χ4v) is 2.01. The van der Waals surface area contributed by atoms with Crippen molar-refractivity contribution in [3.05, 3.63) is 23.5 Å². The summed E-state index contributed by atoms with van der Waals surface area (Å²) in [5.74, 6) is -0.844. The van der Waals surface area contributed by atoms with Crippen molar-refractivity contribution in [1.82, 2.24) is 0 Å². The number of carboxylic acid groups (broad SMARTS) is 1. The molecule has 0 unspecified atom stereocenters. The molecule has 0 heterocycles. The first-order chi connectivity index (χ1) is 8.31. The molecule has 1 aromatic carbocycles. The highest BCUT2D eigenvalue weighted by Crippen LogP contribution is 2.41. The SMILES string of the molecule is COc1cc(F)cc(OC)c1C(C)(C)CC(=O)O. The van der Waals surface area contributed by atoms with Crippen molar-refractivity contribution >= 4 is 5.97 Å². The molecule has 18 heavy (non-hydrogen) atoms. The van der Waals surface area contributed by atoms with Crippen molar-refractivity contribution in [1.29, 1.82) is 0 Å². The fourth-order valence-electron chi connectivity index (χ4n) is 2.01. The lowest BCUT2D eigenvalue weighted by Crippen LogP contribution is -2.23. The first-order valence-corrected chi connectivity index (χ1v) is 5.45. The lowest BCUT2D eigenvalue weighted by atomic mass is 9.80. The second-order valence-corrected chi connectivity index (χ2v) is 4.64. The summed E-state index contributed by atoms with van der Waals surface area (Å²) in [6.45, 7) is 3.50. The van der Waals surface area contributed by atoms with Crippen molar-refractivity contribution < 1.29 is 23.8 Å². The fraction of sp³-hybridized carbons (Fsp3) is 0.462. The Balaban J connectivity index is 3.40. The highest BCUT2D eigenvalue weighted by molar-refractivity contribution is 5.70. The zero-order valence-electron chi connectivity index (χ0n) is 10.9. The van der Waals surface area contributed by atoms with Crippen LogP contribution in [0, 0.1) is 5.82 Å². The molecule has 0 aliphatic carbocycles. The summed E-state index contributed by atoms with van der Waals surface area (Å²) >= 11 is 0. The molecule has 0 saturated heterocycles. The van der Waals surface area contributed by atoms with Crippen molar-refractivity contribution in [2.24, 2.45) is 0 Å². The third-order valence-corrected chi connectivity index (χ3v) is 2.74. The number of hydrogen-bond donors (Lipinski definition) is 1. The molecule has 100 valence electrons. The van der Waals surface area contributed by atoms with Crippen LogP contribution < -0.4 is 9.47 Å². The summed E-state index contributed by atoms with van der Waals surface area (Å²) in [7, 11) is 2.82. The van der Waals surface area contributed by atoms with Crippen LogP contribution in [0.3, 0.4) is 0 Å². The van der Waals surface area contributed by atoms with Gasteiger partial charge in [0.05, 0.1) is 20.6 Å². The molecule has 0 saturated carbocycles. The van der Waals surface area contributed by atoms with Gasteiger partial charge in [-0.15, -0.1) is 0 Å². The van der Waals surface area contributed by atoms with Gasteiger partial charge in [-0.1, -0.05) is 13.8 Å². The minimum Gasteiger partial charge on any atom is -0.496 e. The van der Waals surface area contributed by atoms with E-state index in [1.807, 2.05) is 0 Å². The molecule has 0 aliphatic rings. The van der Waals surface area contributed by atoms with Gasteiger partial charge in [-0.3, -0.25) is 4.79 Å². The van der Waals surface area contributed by atoms with Gasteiger partial charge < -0.3 is 14.6 Å². The van der Waals surface area contributed by atoms with Crippen LogP contribution >= 0.6 is 0 Å². The van der Waals surface area contributed by atoms with Crippen molar-refractivity contribution in [3.8, 4) is 11.5 Å². The first kappa shape index (κ1) is 14.3. The molecule has 0 aromatic heterocycles. The molecule has 4 nitrogen and oxygen atoms in total. The number of aliphatic carboxylic acids is 1. The Kier molecular flexibility index (Phi) is 4.16. The van der Waals surface area contributed by atoms with Crippen LogP contribution in [0.5, 0.6) is 11.5 Å². The molecule has 0 atom stereocenters. The molecular weight excluding hydrogens is 239 g/mol. The van der Waals surface area contributed by atoms with E-state index in [0.717, 1.165) is 0 Å². The Hall–Kier alpha value is -1.78. The van der Waals surface area contributed by atoms with E-state index in [-0.39, 0.29) is 17.9 Å². The van der Waals surface area contributed by atoms with Gasteiger partial charge in [-0.25, -0.2) is 4.39 Å². The lowest BCUT2D eigenvalue weighted by molar-refractivity contribution is -0.138. The Labute approximate surface area is 105 Å². The maximum atomic E-state index is 13.4. The molecule has 1 N–H and O–H groups in total. The molecule has 5 heteroatoms. The smallest absolute Gasteiger partial charge is 0.304 e. The Bertz CT molecular complexity index is 429. The Morgan fingerprint density at radius 2 is 1.72 bits per heavy atom. The van der Waals surface area contributed by atoms with Gasteiger partial charge in [0, 0.05) is 23.1 Å². The summed E-state index contributed by atoms with van der Waals surface area (Å²) in [4.78, 5) is 10.9. The predicted molar refractivity (Wildman–Crippen MR) is 64.8 cm³/mol. The Morgan fingerprint density at radius 3 is 2.06 bits per heavy atom. The third-order valence-electron chi connectivity index (χ3n) is 2.74. The van der Waals surface area contributed by atoms with Gasteiger partial charge in [0.2, 0.25) is 0 Å². The van der Waals surface area contributed by atoms with E-state index >= 15 is 0 Å². The normalized spacial score (nSPS) is 11.2. The Morgan fingerprint density at radius 1 is 1.28 bits per heavy atom. The number of halogens is 1. The number of rotatable bonds is 5. The lowest BCUT2D eigenvalue weighted by Gasteiger charge is -2.27. The van der Waals surface area contributed by atoms with Crippen LogP contribution in [0.4, 0.5) is 4.39 Å². The van der Waals surface area contributed by atoms with Crippen LogP contribution in [0.1, 0.15) is 25.8 Å². The zero-order chi connectivity index (χ0) is 13.9. The molecule has 1 rings (SSSR count). The molecule has 0 bridgehead atoms. The van der Waals surface area contributed by atoms with Gasteiger partial charge >= 0.3 is 5.97 Å². The third kappa shape index (κ3) is 2.91. The quantitative estimate of drug-likeness (QED) is 0.879. The molecule has 0 aliphatic heterocycles. The van der Waals surface area contributed by atoms with Gasteiger partial charge in [0.15, 0.2) is 0 Å². The average Bonchev–Trinajstić information content (AvgIpc) is 2.25. The summed E-state index contributed by atoms with van der Waals surface area (Å²) < 4.78 is 23.6. The summed E-state index contributed by atoms with van der Waals surface area (Å²) in [6.07, 6.45) is -0.106. The van der Waals surface area contributed by atoms with E-state index in [2.05, 4.69) is 0 Å². The number of carboxylic acids is 1. The summed E-state index contributed by atoms with van der Waals surface area (Å²) in [5, 5.41) is 8.94. The average molecular weight is 256 g/mol. The highest BCUT2D eigenvalue weighted by atomic mass is 19.1. The second-order valence-electron chi connectivity index (χ2n) is 4.64. The predicted octanol–water partition coefficient (Wildman–Crippen LogP) is 2.60. The first-order valence-electron chi connectivity index (χ1n) is 5.45. The largest absolute Gasteiger partial charge is 0.496 e. The number of ether oxygens (including phenoxy) is 2. The van der Waals surface area contributed by atoms with E-state index in [4.69, 9.17) is 14.6 Å². The number of benzene rings is 1. The van der Waals surface area contributed by atoms with Gasteiger partial charge in [-0.2, -0.15) is 0 Å². The number of hydrogen-bond acceptors (Lipinski definition) is 3. The van der Waals surface area contributed by atoms with Crippen LogP contribution in [0.15, 0.2) is 12.1 Å². The highest BCUT2D eigenvalue weighted by Gasteiger charge is 2.31. The topological polar surface area (TPSA) is 55.8 Å². The van der Waals surface area contributed by atoms with Gasteiger partial charge in [-0.05, 0) is 0 Å². The molecule has 0 radical (unpaired) electrons. The van der Waals surface area contributed by atoms with Crippen LogP contribution in [0.25, 0.3) is 0 Å². The maximum absolute atomic E-state index is 13.4. The molecule has 0 spiro atoms. The maximum Gasteiger partial charge on any atom is 0.304 e. The van der Waals surface area contributed by atoms with E-state index in [9.17, 15) is 9.18 Å². The van der Waals surface area contributed by atoms with E-state index in [1.54, 1.807) is 13.8 Å². The van der Waals surface area contributed by atoms with Crippen molar-refractivity contribution in [3.63, 3.8) is 0 Å². The van der Waals surface area contributed by atoms with E-state index in [0.29, 0.717) is 5.56 Å². The van der Waals surface area contributed by atoms with E-state index < -0.39 is 17.2 Å². The summed E-state index contributed by atoms with van der Waals surface area (Å²) in [5.41, 5.74) is -0.174. The van der Waals surface area contributed by atoms with Crippen LogP contribution in [-0.2, 0) is 10.2 Å². The van der Waals surface area contributed by atoms with Crippen LogP contribution in [-0.4, -0.2) is 25.3 Å². The monoisotopic (exact) mass is 256 g/mol. The second kappa shape index (κ2) is 5.25.